The molecular weight excluding hydrogens is 354 g/mol. The first-order chi connectivity index (χ1) is 13.4. The minimum absolute atomic E-state index is 0.0218. The van der Waals surface area contributed by atoms with E-state index >= 15 is 0 Å². The van der Waals surface area contributed by atoms with E-state index in [1.54, 1.807) is 54.7 Å². The summed E-state index contributed by atoms with van der Waals surface area (Å²) >= 11 is 0. The van der Waals surface area contributed by atoms with Crippen molar-refractivity contribution in [2.75, 3.05) is 10.6 Å². The van der Waals surface area contributed by atoms with Crippen LogP contribution < -0.4 is 10.6 Å². The summed E-state index contributed by atoms with van der Waals surface area (Å²) in [5.74, 6) is -0.482. The molecule has 6 nitrogen and oxygen atoms in total. The van der Waals surface area contributed by atoms with Gasteiger partial charge in [-0.05, 0) is 48.9 Å². The first kappa shape index (κ1) is 19.0. The number of pyridine rings is 1. The van der Waals surface area contributed by atoms with E-state index in [0.29, 0.717) is 22.5 Å². The highest BCUT2D eigenvalue weighted by molar-refractivity contribution is 6.05. The molecule has 2 amide bonds. The van der Waals surface area contributed by atoms with Gasteiger partial charge in [0.15, 0.2) is 5.78 Å². The van der Waals surface area contributed by atoms with Crippen molar-refractivity contribution in [3.63, 3.8) is 0 Å². The van der Waals surface area contributed by atoms with Crippen molar-refractivity contribution >= 4 is 29.0 Å². The monoisotopic (exact) mass is 373 g/mol. The van der Waals surface area contributed by atoms with E-state index in [4.69, 9.17) is 0 Å². The van der Waals surface area contributed by atoms with Crippen molar-refractivity contribution in [2.24, 2.45) is 0 Å². The Bertz CT molecular complexity index is 1040. The number of benzene rings is 2. The van der Waals surface area contributed by atoms with Crippen LogP contribution in [-0.4, -0.2) is 22.6 Å². The molecule has 0 aliphatic heterocycles. The third-order valence-electron chi connectivity index (χ3n) is 4.07. The largest absolute Gasteiger partial charge is 0.326 e. The van der Waals surface area contributed by atoms with Crippen molar-refractivity contribution in [2.45, 2.75) is 13.8 Å². The molecule has 3 rings (SSSR count). The van der Waals surface area contributed by atoms with Crippen LogP contribution in [0.25, 0.3) is 11.1 Å². The molecule has 3 aromatic rings. The van der Waals surface area contributed by atoms with Crippen LogP contribution >= 0.6 is 0 Å². The molecular formula is C22H19N3O3. The Hall–Kier alpha value is -3.80. The van der Waals surface area contributed by atoms with Crippen LogP contribution in [0.4, 0.5) is 11.4 Å². The number of Topliss-reactive ketones (excluding diaryl/α,β-unsaturated/α-hetero) is 1. The highest BCUT2D eigenvalue weighted by Crippen LogP contribution is 2.22. The summed E-state index contributed by atoms with van der Waals surface area (Å²) in [7, 11) is 0. The lowest BCUT2D eigenvalue weighted by molar-refractivity contribution is -0.114. The van der Waals surface area contributed by atoms with Crippen molar-refractivity contribution in [3.05, 3.63) is 78.1 Å². The maximum Gasteiger partial charge on any atom is 0.257 e. The quantitative estimate of drug-likeness (QED) is 0.657. The fourth-order valence-corrected chi connectivity index (χ4v) is 2.68. The summed E-state index contributed by atoms with van der Waals surface area (Å²) < 4.78 is 0. The van der Waals surface area contributed by atoms with Crippen molar-refractivity contribution < 1.29 is 14.4 Å². The maximum absolute atomic E-state index is 12.6. The number of ketones is 1. The lowest BCUT2D eigenvalue weighted by atomic mass is 10.0. The van der Waals surface area contributed by atoms with Gasteiger partial charge in [-0.1, -0.05) is 18.2 Å². The molecule has 0 aliphatic rings. The number of rotatable bonds is 5. The van der Waals surface area contributed by atoms with Crippen molar-refractivity contribution in [1.82, 2.24) is 4.98 Å². The first-order valence-corrected chi connectivity index (χ1v) is 8.68. The van der Waals surface area contributed by atoms with Gasteiger partial charge in [-0.15, -0.1) is 0 Å². The van der Waals surface area contributed by atoms with Crippen LogP contribution in [0, 0.1) is 0 Å². The second kappa shape index (κ2) is 8.26. The number of hydrogen-bond donors (Lipinski definition) is 2. The van der Waals surface area contributed by atoms with Gasteiger partial charge in [-0.25, -0.2) is 0 Å². The number of carbonyl (C=O) groups excluding carboxylic acids is 3. The Kier molecular flexibility index (Phi) is 5.60. The second-order valence-corrected chi connectivity index (χ2v) is 6.31. The van der Waals surface area contributed by atoms with E-state index in [1.807, 2.05) is 6.07 Å². The fraction of sp³-hybridized carbons (Fsp3) is 0.0909. The number of carbonyl (C=O) groups is 3. The number of nitrogens with one attached hydrogen (secondary N) is 2. The van der Waals surface area contributed by atoms with E-state index in [-0.39, 0.29) is 17.6 Å². The highest BCUT2D eigenvalue weighted by atomic mass is 16.2. The molecule has 1 aromatic heterocycles. The first-order valence-electron chi connectivity index (χ1n) is 8.68. The Labute approximate surface area is 162 Å². The van der Waals surface area contributed by atoms with Crippen LogP contribution in [0.15, 0.2) is 67.0 Å². The number of anilines is 2. The Morgan fingerprint density at radius 3 is 2.04 bits per heavy atom. The number of nitrogens with zero attached hydrogens (tertiary/aromatic N) is 1. The molecule has 0 saturated heterocycles. The Morgan fingerprint density at radius 1 is 0.750 bits per heavy atom. The van der Waals surface area contributed by atoms with Gasteiger partial charge < -0.3 is 10.6 Å². The molecule has 0 aliphatic carbocycles. The van der Waals surface area contributed by atoms with E-state index < -0.39 is 0 Å². The molecule has 0 unspecified atom stereocenters. The smallest absolute Gasteiger partial charge is 0.257 e. The minimum atomic E-state index is -0.302. The van der Waals surface area contributed by atoms with Crippen LogP contribution in [0.3, 0.4) is 0 Å². The van der Waals surface area contributed by atoms with Gasteiger partial charge in [0.05, 0.1) is 5.56 Å². The molecule has 1 heterocycles. The average molecular weight is 373 g/mol. The predicted octanol–water partition coefficient (Wildman–Crippen LogP) is 4.16. The van der Waals surface area contributed by atoms with E-state index in [1.165, 1.54) is 20.0 Å². The van der Waals surface area contributed by atoms with Gasteiger partial charge in [0.25, 0.3) is 5.91 Å². The highest BCUT2D eigenvalue weighted by Gasteiger charge is 2.10. The number of aromatic nitrogens is 1. The van der Waals surface area contributed by atoms with Crippen LogP contribution in [0.5, 0.6) is 0 Å². The SMILES string of the molecule is CC(=O)Nc1ccc(NC(=O)c2cncc(-c3cccc(C(C)=O)c3)c2)cc1. The summed E-state index contributed by atoms with van der Waals surface area (Å²) in [5.41, 5.74) is 3.82. The second-order valence-electron chi connectivity index (χ2n) is 6.31. The van der Waals surface area contributed by atoms with Gasteiger partial charge in [0.2, 0.25) is 5.91 Å². The third-order valence-corrected chi connectivity index (χ3v) is 4.07. The lowest BCUT2D eigenvalue weighted by Gasteiger charge is -2.08. The summed E-state index contributed by atoms with van der Waals surface area (Å²) in [6.45, 7) is 2.94. The van der Waals surface area contributed by atoms with Gasteiger partial charge in [0.1, 0.15) is 0 Å². The lowest BCUT2D eigenvalue weighted by Crippen LogP contribution is -2.12. The molecule has 0 fully saturated rings. The molecule has 140 valence electrons. The third kappa shape index (κ3) is 4.67. The number of amides is 2. The zero-order valence-corrected chi connectivity index (χ0v) is 15.5. The molecule has 0 saturated carbocycles. The molecule has 0 atom stereocenters. The van der Waals surface area contributed by atoms with E-state index in [0.717, 1.165) is 11.1 Å². The Balaban J connectivity index is 1.78. The standard InChI is InChI=1S/C22H19N3O3/c1-14(26)16-4-3-5-17(10-16)18-11-19(13-23-12-18)22(28)25-21-8-6-20(7-9-21)24-15(2)27/h3-13H,1-2H3,(H,24,27)(H,25,28). The minimum Gasteiger partial charge on any atom is -0.326 e. The van der Waals surface area contributed by atoms with Crippen LogP contribution in [0.2, 0.25) is 0 Å². The Morgan fingerprint density at radius 2 is 1.39 bits per heavy atom. The van der Waals surface area contributed by atoms with Crippen molar-refractivity contribution in [3.8, 4) is 11.1 Å². The zero-order chi connectivity index (χ0) is 20.1. The van der Waals surface area contributed by atoms with Gasteiger partial charge in [0, 0.05) is 41.8 Å². The van der Waals surface area contributed by atoms with Gasteiger partial charge in [-0.3, -0.25) is 19.4 Å². The van der Waals surface area contributed by atoms with Gasteiger partial charge >= 0.3 is 0 Å². The predicted molar refractivity (Wildman–Crippen MR) is 108 cm³/mol. The van der Waals surface area contributed by atoms with Crippen LogP contribution in [0.1, 0.15) is 34.6 Å². The molecule has 2 N–H and O–H groups in total. The summed E-state index contributed by atoms with van der Waals surface area (Å²) in [4.78, 5) is 39.4. The molecule has 6 heteroatoms. The molecule has 0 spiro atoms. The number of hydrogen-bond acceptors (Lipinski definition) is 4. The van der Waals surface area contributed by atoms with Crippen LogP contribution in [-0.2, 0) is 4.79 Å². The summed E-state index contributed by atoms with van der Waals surface area (Å²) in [6.07, 6.45) is 3.14. The molecule has 0 radical (unpaired) electrons. The normalized spacial score (nSPS) is 10.2. The average Bonchev–Trinajstić information content (AvgIpc) is 2.69. The zero-order valence-electron chi connectivity index (χ0n) is 15.5. The molecule has 0 bridgehead atoms. The molecule has 2 aromatic carbocycles. The topological polar surface area (TPSA) is 88.2 Å². The fourth-order valence-electron chi connectivity index (χ4n) is 2.68. The van der Waals surface area contributed by atoms with Crippen molar-refractivity contribution in [1.29, 1.82) is 0 Å². The van der Waals surface area contributed by atoms with Gasteiger partial charge in [-0.2, -0.15) is 0 Å². The molecule has 28 heavy (non-hydrogen) atoms. The summed E-state index contributed by atoms with van der Waals surface area (Å²) in [6, 6.07) is 15.8. The van der Waals surface area contributed by atoms with E-state index in [9.17, 15) is 14.4 Å². The summed E-state index contributed by atoms with van der Waals surface area (Å²) in [5, 5.41) is 5.47. The van der Waals surface area contributed by atoms with E-state index in [2.05, 4.69) is 15.6 Å². The maximum atomic E-state index is 12.6.